The summed E-state index contributed by atoms with van der Waals surface area (Å²) in [6, 6.07) is 12.7. The van der Waals surface area contributed by atoms with Gasteiger partial charge in [0.15, 0.2) is 0 Å². The monoisotopic (exact) mass is 420 g/mol. The molecule has 1 N–H and O–H groups in total. The normalized spacial score (nSPS) is 15.9. The summed E-state index contributed by atoms with van der Waals surface area (Å²) in [7, 11) is 0. The third-order valence-corrected chi connectivity index (χ3v) is 6.11. The second-order valence-electron chi connectivity index (χ2n) is 8.01. The Morgan fingerprint density at radius 3 is 2.45 bits per heavy atom. The number of rotatable bonds is 2. The molecule has 0 radical (unpaired) electrons. The Labute approximate surface area is 182 Å². The molecule has 2 aliphatic heterocycles. The van der Waals surface area contributed by atoms with E-state index in [0.29, 0.717) is 11.5 Å². The number of pyridine rings is 1. The topological polar surface area (TPSA) is 97.5 Å². The largest absolute Gasteiger partial charge is 0.483 e. The van der Waals surface area contributed by atoms with Crippen LogP contribution in [0.3, 0.4) is 0 Å². The summed E-state index contributed by atoms with van der Waals surface area (Å²) in [5.41, 5.74) is 5.07. The number of amides is 1. The molecule has 3 heterocycles. The molecule has 162 valence electrons. The van der Waals surface area contributed by atoms with Gasteiger partial charge in [0.2, 0.25) is 5.91 Å². The Balaban J connectivity index is 0.000000858. The Kier molecular flexibility index (Phi) is 7.24. The quantitative estimate of drug-likeness (QED) is 0.750. The first-order valence-electron chi connectivity index (χ1n) is 10.5. The Hall–Kier alpha value is -3.40. The zero-order valence-electron chi connectivity index (χ0n) is 18.0. The summed E-state index contributed by atoms with van der Waals surface area (Å²) in [6.45, 7) is 6.83. The molecule has 1 saturated heterocycles. The van der Waals surface area contributed by atoms with Gasteiger partial charge >= 0.3 is 0 Å². The SMILES string of the molecule is Cc1cc(N2CCC(C(=O)N3CCc4ccccc4C3)CC2)nc(C)c1C#N.O=CO. The first-order valence-corrected chi connectivity index (χ1v) is 10.5. The van der Waals surface area contributed by atoms with Crippen LogP contribution >= 0.6 is 0 Å². The van der Waals surface area contributed by atoms with Crippen molar-refractivity contribution in [1.29, 1.82) is 5.26 Å². The first kappa shape index (κ1) is 22.3. The van der Waals surface area contributed by atoms with Gasteiger partial charge in [-0.25, -0.2) is 4.98 Å². The van der Waals surface area contributed by atoms with Gasteiger partial charge in [0, 0.05) is 32.1 Å². The smallest absolute Gasteiger partial charge is 0.290 e. The van der Waals surface area contributed by atoms with Gasteiger partial charge in [-0.1, -0.05) is 24.3 Å². The minimum absolute atomic E-state index is 0.0992. The van der Waals surface area contributed by atoms with Crippen molar-refractivity contribution in [3.63, 3.8) is 0 Å². The average molecular weight is 421 g/mol. The highest BCUT2D eigenvalue weighted by molar-refractivity contribution is 5.79. The third kappa shape index (κ3) is 5.02. The van der Waals surface area contributed by atoms with Gasteiger partial charge in [0.25, 0.3) is 6.47 Å². The lowest BCUT2D eigenvalue weighted by Crippen LogP contribution is -2.44. The maximum absolute atomic E-state index is 13.1. The van der Waals surface area contributed by atoms with Gasteiger partial charge in [-0.3, -0.25) is 9.59 Å². The lowest BCUT2D eigenvalue weighted by molar-refractivity contribution is -0.137. The summed E-state index contributed by atoms with van der Waals surface area (Å²) >= 11 is 0. The molecule has 0 atom stereocenters. The van der Waals surface area contributed by atoms with E-state index in [1.165, 1.54) is 11.1 Å². The molecule has 0 spiro atoms. The fourth-order valence-corrected chi connectivity index (χ4v) is 4.44. The molecule has 1 amide bonds. The molecular formula is C24H28N4O3. The third-order valence-electron chi connectivity index (χ3n) is 6.11. The molecular weight excluding hydrogens is 392 g/mol. The Morgan fingerprint density at radius 1 is 1.19 bits per heavy atom. The van der Waals surface area contributed by atoms with Gasteiger partial charge in [-0.2, -0.15) is 5.26 Å². The summed E-state index contributed by atoms with van der Waals surface area (Å²) in [5.74, 6) is 1.32. The minimum atomic E-state index is -0.250. The highest BCUT2D eigenvalue weighted by Crippen LogP contribution is 2.27. The van der Waals surface area contributed by atoms with E-state index in [1.807, 2.05) is 24.8 Å². The van der Waals surface area contributed by atoms with Gasteiger partial charge in [-0.15, -0.1) is 0 Å². The van der Waals surface area contributed by atoms with Gasteiger partial charge in [0.1, 0.15) is 11.9 Å². The van der Waals surface area contributed by atoms with Crippen LogP contribution in [0.25, 0.3) is 0 Å². The predicted molar refractivity (Wildman–Crippen MR) is 118 cm³/mol. The molecule has 7 heteroatoms. The van der Waals surface area contributed by atoms with E-state index in [-0.39, 0.29) is 12.4 Å². The zero-order valence-corrected chi connectivity index (χ0v) is 18.0. The summed E-state index contributed by atoms with van der Waals surface area (Å²) in [5, 5.41) is 16.1. The summed E-state index contributed by atoms with van der Waals surface area (Å²) in [6.07, 6.45) is 2.67. The maximum atomic E-state index is 13.1. The molecule has 0 bridgehead atoms. The van der Waals surface area contributed by atoms with Gasteiger partial charge in [0.05, 0.1) is 11.3 Å². The Bertz CT molecular complexity index is 968. The number of anilines is 1. The second-order valence-corrected chi connectivity index (χ2v) is 8.01. The fourth-order valence-electron chi connectivity index (χ4n) is 4.44. The van der Waals surface area contributed by atoms with Crippen LogP contribution in [0, 0.1) is 31.1 Å². The first-order chi connectivity index (χ1) is 15.0. The number of nitriles is 1. The number of carboxylic acid groups (broad SMARTS) is 1. The van der Waals surface area contributed by atoms with Crippen LogP contribution < -0.4 is 4.90 Å². The molecule has 0 aliphatic carbocycles. The predicted octanol–water partition coefficient (Wildman–Crippen LogP) is 3.07. The van der Waals surface area contributed by atoms with Crippen molar-refractivity contribution < 1.29 is 14.7 Å². The molecule has 31 heavy (non-hydrogen) atoms. The van der Waals surface area contributed by atoms with Gasteiger partial charge < -0.3 is 14.9 Å². The molecule has 1 aromatic heterocycles. The van der Waals surface area contributed by atoms with E-state index in [0.717, 1.165) is 62.5 Å². The van der Waals surface area contributed by atoms with Gasteiger partial charge in [-0.05, 0) is 55.9 Å². The number of aromatic nitrogens is 1. The zero-order chi connectivity index (χ0) is 22.4. The van der Waals surface area contributed by atoms with Crippen molar-refractivity contribution in [1.82, 2.24) is 9.88 Å². The van der Waals surface area contributed by atoms with Crippen molar-refractivity contribution >= 4 is 18.2 Å². The number of aryl methyl sites for hydroxylation is 2. The van der Waals surface area contributed by atoms with Crippen LogP contribution in [-0.4, -0.2) is 47.0 Å². The highest BCUT2D eigenvalue weighted by atomic mass is 16.3. The molecule has 0 saturated carbocycles. The van der Waals surface area contributed by atoms with E-state index < -0.39 is 0 Å². The van der Waals surface area contributed by atoms with Crippen molar-refractivity contribution in [2.45, 2.75) is 39.7 Å². The standard InChI is InChI=1S/C23H26N4O.CH2O2/c1-16-13-22(25-17(2)21(16)14-24)26-10-8-19(9-11-26)23(28)27-12-7-18-5-3-4-6-20(18)15-27;2-1-3/h3-6,13,19H,7-12,15H2,1-2H3;1H,(H,2,3). The van der Waals surface area contributed by atoms with Crippen molar-refractivity contribution in [3.05, 3.63) is 58.3 Å². The number of carbonyl (C=O) groups excluding carboxylic acids is 1. The molecule has 7 nitrogen and oxygen atoms in total. The maximum Gasteiger partial charge on any atom is 0.290 e. The van der Waals surface area contributed by atoms with E-state index in [4.69, 9.17) is 9.90 Å². The lowest BCUT2D eigenvalue weighted by atomic mass is 9.93. The fraction of sp³-hybridized carbons (Fsp3) is 0.417. The number of fused-ring (bicyclic) bond motifs is 1. The number of piperidine rings is 1. The number of carbonyl (C=O) groups is 2. The van der Waals surface area contributed by atoms with E-state index in [9.17, 15) is 10.1 Å². The van der Waals surface area contributed by atoms with E-state index in [2.05, 4.69) is 40.2 Å². The van der Waals surface area contributed by atoms with Crippen LogP contribution in [0.15, 0.2) is 30.3 Å². The van der Waals surface area contributed by atoms with Crippen molar-refractivity contribution in [2.75, 3.05) is 24.5 Å². The van der Waals surface area contributed by atoms with Crippen LogP contribution in [0.5, 0.6) is 0 Å². The second kappa shape index (κ2) is 10.1. The molecule has 0 unspecified atom stereocenters. The molecule has 2 aromatic rings. The van der Waals surface area contributed by atoms with E-state index in [1.54, 1.807) is 0 Å². The Morgan fingerprint density at radius 2 is 1.84 bits per heavy atom. The highest BCUT2D eigenvalue weighted by Gasteiger charge is 2.30. The minimum Gasteiger partial charge on any atom is -0.483 e. The number of nitrogens with zero attached hydrogens (tertiary/aromatic N) is 4. The van der Waals surface area contributed by atoms with Crippen LogP contribution in [0.2, 0.25) is 0 Å². The summed E-state index contributed by atoms with van der Waals surface area (Å²) < 4.78 is 0. The molecule has 1 aromatic carbocycles. The molecule has 2 aliphatic rings. The molecule has 4 rings (SSSR count). The van der Waals surface area contributed by atoms with Crippen LogP contribution in [-0.2, 0) is 22.6 Å². The summed E-state index contributed by atoms with van der Waals surface area (Å²) in [4.78, 5) is 30.3. The van der Waals surface area contributed by atoms with Crippen molar-refractivity contribution in [2.24, 2.45) is 5.92 Å². The van der Waals surface area contributed by atoms with E-state index >= 15 is 0 Å². The number of hydrogen-bond acceptors (Lipinski definition) is 5. The number of benzene rings is 1. The van der Waals surface area contributed by atoms with Crippen LogP contribution in [0.4, 0.5) is 5.82 Å². The average Bonchev–Trinajstić information content (AvgIpc) is 2.78. The lowest BCUT2D eigenvalue weighted by Gasteiger charge is -2.36. The van der Waals surface area contributed by atoms with Crippen LogP contribution in [0.1, 0.15) is 40.8 Å². The number of hydrogen-bond donors (Lipinski definition) is 1. The van der Waals surface area contributed by atoms with Crippen molar-refractivity contribution in [3.8, 4) is 6.07 Å². The molecule has 1 fully saturated rings.